The molecule has 11 nitrogen and oxygen atoms in total. The van der Waals surface area contributed by atoms with Gasteiger partial charge in [-0.15, -0.1) is 0 Å². The summed E-state index contributed by atoms with van der Waals surface area (Å²) in [4.78, 5) is 22.4. The Bertz CT molecular complexity index is 1040. The van der Waals surface area contributed by atoms with E-state index in [-0.39, 0.29) is 30.5 Å². The van der Waals surface area contributed by atoms with Crippen molar-refractivity contribution in [2.24, 2.45) is 10.4 Å². The lowest BCUT2D eigenvalue weighted by molar-refractivity contribution is -0.169. The van der Waals surface area contributed by atoms with E-state index in [2.05, 4.69) is 27.6 Å². The number of likely N-dealkylation sites (N-methyl/N-ethyl adjacent to an activating group) is 1. The molecule has 1 aromatic heterocycles. The van der Waals surface area contributed by atoms with Crippen LogP contribution < -0.4 is 5.32 Å². The van der Waals surface area contributed by atoms with Gasteiger partial charge in [-0.3, -0.25) is 10.2 Å². The second-order valence-electron chi connectivity index (χ2n) is 7.97. The van der Waals surface area contributed by atoms with E-state index in [0.717, 1.165) is 17.9 Å². The van der Waals surface area contributed by atoms with Crippen LogP contribution >= 0.6 is 0 Å². The average Bonchev–Trinajstić information content (AvgIpc) is 3.34. The predicted molar refractivity (Wildman–Crippen MR) is 130 cm³/mol. The highest BCUT2D eigenvalue weighted by molar-refractivity contribution is 6.46. The van der Waals surface area contributed by atoms with Crippen molar-refractivity contribution in [1.82, 2.24) is 9.99 Å². The van der Waals surface area contributed by atoms with Crippen molar-refractivity contribution >= 4 is 23.3 Å². The van der Waals surface area contributed by atoms with Crippen molar-refractivity contribution in [3.05, 3.63) is 59.8 Å². The smallest absolute Gasteiger partial charge is 0.225 e. The largest absolute Gasteiger partial charge is 0.389 e. The number of benzene rings is 1. The van der Waals surface area contributed by atoms with Crippen molar-refractivity contribution in [3.63, 3.8) is 0 Å². The maximum Gasteiger partial charge on any atom is 0.225 e. The summed E-state index contributed by atoms with van der Waals surface area (Å²) < 4.78 is 11.5. The molecule has 0 bridgehead atoms. The molecule has 0 atom stereocenters. The SMILES string of the molecule is CCCC1(CCC(=O)Nc2cccc(CO/N=C(\C(=N)N(C)N=N)c3ccccc3)n2)OCCO1. The maximum atomic E-state index is 12.5. The summed E-state index contributed by atoms with van der Waals surface area (Å²) in [6.45, 7) is 3.18. The van der Waals surface area contributed by atoms with Crippen LogP contribution in [-0.4, -0.2) is 53.5 Å². The Balaban J connectivity index is 1.60. The number of aromatic nitrogens is 1. The zero-order valence-corrected chi connectivity index (χ0v) is 20.0. The molecule has 1 fully saturated rings. The van der Waals surface area contributed by atoms with Crippen molar-refractivity contribution < 1.29 is 19.1 Å². The summed E-state index contributed by atoms with van der Waals surface area (Å²) in [5.41, 5.74) is 8.58. The lowest BCUT2D eigenvalue weighted by atomic mass is 10.0. The summed E-state index contributed by atoms with van der Waals surface area (Å²) in [7, 11) is 1.48. The molecule has 0 unspecified atom stereocenters. The first-order chi connectivity index (χ1) is 17.0. The summed E-state index contributed by atoms with van der Waals surface area (Å²) in [6.07, 6.45) is 2.40. The van der Waals surface area contributed by atoms with E-state index < -0.39 is 5.79 Å². The van der Waals surface area contributed by atoms with Crippen LogP contribution in [0.4, 0.5) is 5.82 Å². The van der Waals surface area contributed by atoms with Crippen molar-refractivity contribution in [1.29, 1.82) is 10.9 Å². The van der Waals surface area contributed by atoms with Gasteiger partial charge in [0.25, 0.3) is 0 Å². The fraction of sp³-hybridized carbons (Fsp3) is 0.417. The lowest BCUT2D eigenvalue weighted by Crippen LogP contribution is -2.31. The molecule has 1 amide bonds. The number of carbonyl (C=O) groups is 1. The van der Waals surface area contributed by atoms with Gasteiger partial charge in [-0.25, -0.2) is 9.99 Å². The van der Waals surface area contributed by atoms with Gasteiger partial charge in [0.15, 0.2) is 23.9 Å². The number of ether oxygens (including phenoxy) is 2. The number of carbonyl (C=O) groups excluding carboxylic acids is 1. The van der Waals surface area contributed by atoms with Crippen LogP contribution in [0.3, 0.4) is 0 Å². The fourth-order valence-corrected chi connectivity index (χ4v) is 3.63. The minimum Gasteiger partial charge on any atom is -0.389 e. The van der Waals surface area contributed by atoms with Crippen LogP contribution in [-0.2, 0) is 25.7 Å². The third kappa shape index (κ3) is 7.39. The van der Waals surface area contributed by atoms with E-state index in [0.29, 0.717) is 36.7 Å². The number of hydrogen-bond acceptors (Lipinski definition) is 9. The maximum absolute atomic E-state index is 12.5. The number of rotatable bonds is 12. The number of nitrogens with zero attached hydrogens (tertiary/aromatic N) is 4. The second kappa shape index (κ2) is 12.7. The van der Waals surface area contributed by atoms with Gasteiger partial charge in [0.1, 0.15) is 5.82 Å². The summed E-state index contributed by atoms with van der Waals surface area (Å²) in [5, 5.41) is 19.5. The predicted octanol–water partition coefficient (Wildman–Crippen LogP) is 4.12. The molecular weight excluding hydrogens is 450 g/mol. The Hall–Kier alpha value is -3.70. The first-order valence-electron chi connectivity index (χ1n) is 11.5. The molecule has 1 saturated heterocycles. The van der Waals surface area contributed by atoms with Crippen molar-refractivity contribution in [2.45, 2.75) is 45.0 Å². The highest BCUT2D eigenvalue weighted by Gasteiger charge is 2.35. The zero-order chi connectivity index (χ0) is 25.1. The summed E-state index contributed by atoms with van der Waals surface area (Å²) >= 11 is 0. The molecule has 1 aromatic carbocycles. The van der Waals surface area contributed by atoms with Crippen molar-refractivity contribution in [2.75, 3.05) is 25.6 Å². The molecule has 186 valence electrons. The molecule has 2 heterocycles. The average molecular weight is 482 g/mol. The number of hydrogen-bond donors (Lipinski definition) is 3. The standard InChI is InChI=1S/C24H31N7O4/c1-3-13-24(33-15-16-34-24)14-12-21(32)28-20-11-7-10-19(27-20)17-35-29-22(23(25)31(2)30-26)18-8-5-4-6-9-18/h4-11,25-26H,3,12-17H2,1-2H3,(H,27,28,32)/b25-23?,29-22-,30-26?. The first-order valence-corrected chi connectivity index (χ1v) is 11.5. The first kappa shape index (κ1) is 25.9. The monoisotopic (exact) mass is 481 g/mol. The lowest BCUT2D eigenvalue weighted by Gasteiger charge is -2.26. The molecular formula is C24H31N7O4. The quantitative estimate of drug-likeness (QED) is 0.180. The van der Waals surface area contributed by atoms with E-state index in [1.807, 2.05) is 18.2 Å². The Morgan fingerprint density at radius 1 is 1.17 bits per heavy atom. The number of amides is 1. The normalized spacial score (nSPS) is 14.9. The Morgan fingerprint density at radius 3 is 2.60 bits per heavy atom. The highest BCUT2D eigenvalue weighted by atomic mass is 16.7. The molecule has 35 heavy (non-hydrogen) atoms. The topological polar surface area (TPSA) is 145 Å². The molecule has 1 aliphatic rings. The molecule has 11 heteroatoms. The third-order valence-corrected chi connectivity index (χ3v) is 5.37. The van der Waals surface area contributed by atoms with Crippen molar-refractivity contribution in [3.8, 4) is 0 Å². The van der Waals surface area contributed by atoms with Gasteiger partial charge >= 0.3 is 0 Å². The van der Waals surface area contributed by atoms with E-state index in [4.69, 9.17) is 25.3 Å². The number of anilines is 1. The molecule has 0 radical (unpaired) electrons. The summed E-state index contributed by atoms with van der Waals surface area (Å²) in [6, 6.07) is 14.3. The van der Waals surface area contributed by atoms with Gasteiger partial charge in [0, 0.05) is 31.9 Å². The van der Waals surface area contributed by atoms with Gasteiger partial charge in [0.05, 0.1) is 18.9 Å². The number of pyridine rings is 1. The molecule has 0 saturated carbocycles. The second-order valence-corrected chi connectivity index (χ2v) is 7.97. The molecule has 3 rings (SSSR count). The number of oxime groups is 1. The van der Waals surface area contributed by atoms with E-state index in [1.165, 1.54) is 7.05 Å². The van der Waals surface area contributed by atoms with Crippen LogP contribution in [0, 0.1) is 10.9 Å². The van der Waals surface area contributed by atoms with E-state index in [1.54, 1.807) is 30.3 Å². The van der Waals surface area contributed by atoms with E-state index in [9.17, 15) is 4.79 Å². The van der Waals surface area contributed by atoms with Gasteiger partial charge in [-0.05, 0) is 12.1 Å². The molecule has 3 N–H and O–H groups in total. The Labute approximate surface area is 204 Å². The Kier molecular flexibility index (Phi) is 9.39. The number of amidine groups is 1. The van der Waals surface area contributed by atoms with Crippen LogP contribution in [0.25, 0.3) is 0 Å². The highest BCUT2D eigenvalue weighted by Crippen LogP contribution is 2.30. The minimum absolute atomic E-state index is 0.0242. The van der Waals surface area contributed by atoms with Crippen LogP contribution in [0.15, 0.2) is 58.9 Å². The zero-order valence-electron chi connectivity index (χ0n) is 20.0. The van der Waals surface area contributed by atoms with Crippen LogP contribution in [0.2, 0.25) is 0 Å². The van der Waals surface area contributed by atoms with Crippen LogP contribution in [0.1, 0.15) is 43.9 Å². The molecule has 0 aliphatic carbocycles. The molecule has 1 aliphatic heterocycles. The molecule has 2 aromatic rings. The Morgan fingerprint density at radius 2 is 1.91 bits per heavy atom. The number of nitrogens with one attached hydrogen (secondary N) is 3. The van der Waals surface area contributed by atoms with Gasteiger partial charge < -0.3 is 19.6 Å². The van der Waals surface area contributed by atoms with Crippen LogP contribution in [0.5, 0.6) is 0 Å². The molecule has 0 spiro atoms. The van der Waals surface area contributed by atoms with Gasteiger partial charge in [-0.1, -0.05) is 60.1 Å². The summed E-state index contributed by atoms with van der Waals surface area (Å²) in [5.74, 6) is -0.526. The van der Waals surface area contributed by atoms with Gasteiger partial charge in [0.2, 0.25) is 5.91 Å². The van der Waals surface area contributed by atoms with Gasteiger partial charge in [-0.2, -0.15) is 5.53 Å². The fourth-order valence-electron chi connectivity index (χ4n) is 3.63. The minimum atomic E-state index is -0.668. The third-order valence-electron chi connectivity index (χ3n) is 5.37. The van der Waals surface area contributed by atoms with E-state index >= 15 is 0 Å².